The van der Waals surface area contributed by atoms with Crippen molar-refractivity contribution >= 4 is 34.3 Å². The molecule has 8 nitrogen and oxygen atoms in total. The lowest BCUT2D eigenvalue weighted by molar-refractivity contribution is 0.100. The zero-order valence-electron chi connectivity index (χ0n) is 16.2. The third-order valence-corrected chi connectivity index (χ3v) is 4.61. The number of primary amides is 1. The van der Waals surface area contributed by atoms with Crippen molar-refractivity contribution < 1.29 is 4.79 Å². The highest BCUT2D eigenvalue weighted by Crippen LogP contribution is 2.22. The van der Waals surface area contributed by atoms with Crippen LogP contribution in [0, 0.1) is 0 Å². The predicted molar refractivity (Wildman–Crippen MR) is 117 cm³/mol. The number of benzene rings is 2. The molecule has 0 aliphatic heterocycles. The van der Waals surface area contributed by atoms with Crippen LogP contribution in [0.2, 0.25) is 0 Å². The van der Waals surface area contributed by atoms with Gasteiger partial charge in [-0.3, -0.25) is 4.79 Å². The lowest BCUT2D eigenvalue weighted by Gasteiger charge is -2.10. The van der Waals surface area contributed by atoms with Crippen LogP contribution in [0.4, 0.5) is 17.5 Å². The number of aryl methyl sites for hydroxylation is 1. The molecule has 30 heavy (non-hydrogen) atoms. The van der Waals surface area contributed by atoms with Crippen LogP contribution >= 0.6 is 0 Å². The van der Waals surface area contributed by atoms with Crippen LogP contribution in [0.1, 0.15) is 22.3 Å². The van der Waals surface area contributed by atoms with Crippen molar-refractivity contribution in [3.63, 3.8) is 0 Å². The third-order valence-electron chi connectivity index (χ3n) is 4.61. The van der Waals surface area contributed by atoms with Crippen LogP contribution in [-0.4, -0.2) is 32.4 Å². The van der Waals surface area contributed by atoms with Crippen molar-refractivity contribution in [2.75, 3.05) is 17.2 Å². The van der Waals surface area contributed by atoms with E-state index < -0.39 is 5.91 Å². The third kappa shape index (κ3) is 4.49. The summed E-state index contributed by atoms with van der Waals surface area (Å²) in [5, 5.41) is 7.32. The fourth-order valence-electron chi connectivity index (χ4n) is 3.22. The van der Waals surface area contributed by atoms with Crippen LogP contribution < -0.4 is 16.4 Å². The number of carbonyl (C=O) groups excluding carboxylic acids is 1. The fraction of sp³-hybridized carbons (Fsp3) is 0.136. The first-order chi connectivity index (χ1) is 14.7. The van der Waals surface area contributed by atoms with Gasteiger partial charge in [0.25, 0.3) is 5.91 Å². The lowest BCUT2D eigenvalue weighted by Crippen LogP contribution is -2.12. The summed E-state index contributed by atoms with van der Waals surface area (Å²) in [5.74, 6) is 0.765. The van der Waals surface area contributed by atoms with Gasteiger partial charge in [0.2, 0.25) is 5.95 Å². The van der Waals surface area contributed by atoms with Crippen molar-refractivity contribution in [3.05, 3.63) is 78.4 Å². The van der Waals surface area contributed by atoms with Crippen LogP contribution in [0.25, 0.3) is 10.9 Å². The number of hydrogen-bond donors (Lipinski definition) is 3. The lowest BCUT2D eigenvalue weighted by atomic mass is 10.1. The Labute approximate surface area is 173 Å². The highest BCUT2D eigenvalue weighted by molar-refractivity contribution is 6.06. The van der Waals surface area contributed by atoms with E-state index in [-0.39, 0.29) is 0 Å². The van der Waals surface area contributed by atoms with Gasteiger partial charge in [0.15, 0.2) is 0 Å². The minimum atomic E-state index is -0.500. The molecule has 0 bridgehead atoms. The van der Waals surface area contributed by atoms with Gasteiger partial charge in [-0.25, -0.2) is 19.9 Å². The largest absolute Gasteiger partial charge is 0.369 e. The maximum atomic E-state index is 11.6. The second-order valence-corrected chi connectivity index (χ2v) is 6.72. The minimum absolute atomic E-state index is 0.393. The molecule has 4 N–H and O–H groups in total. The van der Waals surface area contributed by atoms with Gasteiger partial charge in [-0.05, 0) is 48.7 Å². The quantitative estimate of drug-likeness (QED) is 0.389. The van der Waals surface area contributed by atoms with E-state index in [1.807, 2.05) is 18.2 Å². The Morgan fingerprint density at radius 1 is 0.967 bits per heavy atom. The molecule has 0 unspecified atom stereocenters. The van der Waals surface area contributed by atoms with Gasteiger partial charge < -0.3 is 16.4 Å². The van der Waals surface area contributed by atoms with Gasteiger partial charge in [-0.1, -0.05) is 18.2 Å². The molecule has 0 saturated heterocycles. The van der Waals surface area contributed by atoms with Crippen LogP contribution in [-0.2, 0) is 6.42 Å². The summed E-state index contributed by atoms with van der Waals surface area (Å²) in [7, 11) is 0. The molecule has 0 spiro atoms. The van der Waals surface area contributed by atoms with Gasteiger partial charge in [-0.15, -0.1) is 0 Å². The number of fused-ring (bicyclic) bond motifs is 1. The molecule has 1 amide bonds. The first-order valence-corrected chi connectivity index (χ1v) is 9.61. The molecule has 0 fully saturated rings. The number of nitrogens with one attached hydrogen (secondary N) is 2. The summed E-state index contributed by atoms with van der Waals surface area (Å²) >= 11 is 0. The molecule has 0 aliphatic rings. The Hall–Kier alpha value is -4.07. The molecule has 150 valence electrons. The summed E-state index contributed by atoms with van der Waals surface area (Å²) < 4.78 is 0. The summed E-state index contributed by atoms with van der Waals surface area (Å²) in [5.41, 5.74) is 8.56. The number of nitrogens with two attached hydrogens (primary N) is 1. The topological polar surface area (TPSA) is 119 Å². The number of hydrogen-bond acceptors (Lipinski definition) is 7. The van der Waals surface area contributed by atoms with Crippen LogP contribution in [0.3, 0.4) is 0 Å². The van der Waals surface area contributed by atoms with Gasteiger partial charge in [-0.2, -0.15) is 0 Å². The highest BCUT2D eigenvalue weighted by atomic mass is 16.1. The number of anilines is 3. The maximum absolute atomic E-state index is 11.6. The van der Waals surface area contributed by atoms with E-state index in [1.54, 1.807) is 30.6 Å². The molecule has 2 aromatic carbocycles. The molecule has 0 aliphatic carbocycles. The van der Waals surface area contributed by atoms with E-state index in [9.17, 15) is 4.79 Å². The molecule has 4 rings (SSSR count). The number of rotatable bonds is 8. The highest BCUT2D eigenvalue weighted by Gasteiger charge is 2.10. The summed E-state index contributed by atoms with van der Waals surface area (Å²) in [4.78, 5) is 28.5. The number of aromatic nitrogens is 4. The van der Waals surface area contributed by atoms with E-state index >= 15 is 0 Å². The predicted octanol–water partition coefficient (Wildman–Crippen LogP) is 3.31. The van der Waals surface area contributed by atoms with E-state index in [0.717, 1.165) is 30.5 Å². The SMILES string of the molecule is NC(=O)c1cccc2c(NCCCc3cccc(Nc4ncccn4)c3)ncnc12. The Morgan fingerprint density at radius 3 is 2.63 bits per heavy atom. The molecule has 2 aromatic heterocycles. The Kier molecular flexibility index (Phi) is 5.75. The first kappa shape index (κ1) is 19.3. The Balaban J connectivity index is 1.37. The number of carbonyl (C=O) groups is 1. The minimum Gasteiger partial charge on any atom is -0.369 e. The number of para-hydroxylation sites is 1. The molecule has 0 saturated carbocycles. The van der Waals surface area contributed by atoms with Gasteiger partial charge >= 0.3 is 0 Å². The zero-order valence-corrected chi connectivity index (χ0v) is 16.2. The fourth-order valence-corrected chi connectivity index (χ4v) is 3.22. The monoisotopic (exact) mass is 399 g/mol. The molecule has 0 radical (unpaired) electrons. The van der Waals surface area contributed by atoms with Crippen molar-refractivity contribution in [3.8, 4) is 0 Å². The molecule has 8 heteroatoms. The molecular formula is C22H21N7O. The van der Waals surface area contributed by atoms with Gasteiger partial charge in [0.1, 0.15) is 12.1 Å². The van der Waals surface area contributed by atoms with E-state index in [4.69, 9.17) is 5.73 Å². The maximum Gasteiger partial charge on any atom is 0.250 e. The number of nitrogens with zero attached hydrogens (tertiary/aromatic N) is 4. The molecule has 0 atom stereocenters. The normalized spacial score (nSPS) is 10.7. The first-order valence-electron chi connectivity index (χ1n) is 9.61. The van der Waals surface area contributed by atoms with Crippen molar-refractivity contribution in [1.29, 1.82) is 0 Å². The number of amides is 1. The zero-order chi connectivity index (χ0) is 20.8. The molecule has 2 heterocycles. The van der Waals surface area contributed by atoms with Crippen molar-refractivity contribution in [2.24, 2.45) is 5.73 Å². The summed E-state index contributed by atoms with van der Waals surface area (Å²) in [6.45, 7) is 0.729. The Morgan fingerprint density at radius 2 is 1.80 bits per heavy atom. The van der Waals surface area contributed by atoms with E-state index in [2.05, 4.69) is 42.7 Å². The van der Waals surface area contributed by atoms with Crippen molar-refractivity contribution in [2.45, 2.75) is 12.8 Å². The standard InChI is InChI=1S/C22H21N7O/c23-20(30)17-8-2-9-18-19(17)27-14-28-21(18)24-10-3-6-15-5-1-7-16(13-15)29-22-25-11-4-12-26-22/h1-2,4-5,7-9,11-14H,3,6,10H2,(H2,23,30)(H,24,27,28)(H,25,26,29). The second-order valence-electron chi connectivity index (χ2n) is 6.72. The summed E-state index contributed by atoms with van der Waals surface area (Å²) in [6, 6.07) is 15.3. The van der Waals surface area contributed by atoms with Gasteiger partial charge in [0, 0.05) is 30.0 Å². The average Bonchev–Trinajstić information content (AvgIpc) is 2.77. The second kappa shape index (κ2) is 8.95. The smallest absolute Gasteiger partial charge is 0.250 e. The Bertz CT molecular complexity index is 1160. The van der Waals surface area contributed by atoms with E-state index in [1.165, 1.54) is 11.9 Å². The molecular weight excluding hydrogens is 378 g/mol. The van der Waals surface area contributed by atoms with Crippen LogP contribution in [0.15, 0.2) is 67.3 Å². The van der Waals surface area contributed by atoms with E-state index in [0.29, 0.717) is 22.8 Å². The van der Waals surface area contributed by atoms with Crippen molar-refractivity contribution in [1.82, 2.24) is 19.9 Å². The molecule has 4 aromatic rings. The average molecular weight is 399 g/mol. The van der Waals surface area contributed by atoms with Crippen LogP contribution in [0.5, 0.6) is 0 Å². The summed E-state index contributed by atoms with van der Waals surface area (Å²) in [6.07, 6.45) is 6.65. The van der Waals surface area contributed by atoms with Gasteiger partial charge in [0.05, 0.1) is 11.1 Å².